The molecule has 1 heterocycles. The van der Waals surface area contributed by atoms with Crippen LogP contribution in [0.2, 0.25) is 0 Å². The molecule has 0 aliphatic carbocycles. The van der Waals surface area contributed by atoms with Crippen molar-refractivity contribution in [3.8, 4) is 0 Å². The summed E-state index contributed by atoms with van der Waals surface area (Å²) in [5, 5.41) is 15.8. The molecule has 0 aliphatic rings. The second kappa shape index (κ2) is 3.71. The molecular formula is C9H10N2O2. The van der Waals surface area contributed by atoms with Crippen LogP contribution in [0.15, 0.2) is 18.9 Å². The lowest BCUT2D eigenvalue weighted by Gasteiger charge is -1.95. The summed E-state index contributed by atoms with van der Waals surface area (Å²) in [4.78, 5) is 13.5. The number of carboxylic acids is 1. The highest BCUT2D eigenvalue weighted by Gasteiger charge is 2.14. The number of carboxylic acid groups (broad SMARTS) is 1. The molecule has 0 saturated heterocycles. The number of aromatic nitrogens is 1. The van der Waals surface area contributed by atoms with Gasteiger partial charge in [0.15, 0.2) is 0 Å². The molecule has 0 radical (unpaired) electrons. The number of carbonyl (C=O) groups is 1. The summed E-state index contributed by atoms with van der Waals surface area (Å²) >= 11 is 0. The van der Waals surface area contributed by atoms with Crippen LogP contribution in [0.4, 0.5) is 0 Å². The SMILES string of the molecule is C=CCc1c[nH]c(C=N)c1C(=O)O. The Bertz CT molecular complexity index is 352. The van der Waals surface area contributed by atoms with E-state index in [0.29, 0.717) is 17.7 Å². The first kappa shape index (κ1) is 9.25. The Morgan fingerprint density at radius 1 is 1.77 bits per heavy atom. The maximum atomic E-state index is 10.8. The van der Waals surface area contributed by atoms with E-state index in [-0.39, 0.29) is 5.56 Å². The fourth-order valence-electron chi connectivity index (χ4n) is 1.17. The van der Waals surface area contributed by atoms with Crippen LogP contribution in [0.1, 0.15) is 21.6 Å². The summed E-state index contributed by atoms with van der Waals surface area (Å²) in [7, 11) is 0. The Morgan fingerprint density at radius 2 is 2.46 bits per heavy atom. The highest BCUT2D eigenvalue weighted by atomic mass is 16.4. The van der Waals surface area contributed by atoms with Crippen molar-refractivity contribution in [2.45, 2.75) is 6.42 Å². The third-order valence-corrected chi connectivity index (χ3v) is 1.71. The van der Waals surface area contributed by atoms with E-state index in [1.807, 2.05) is 0 Å². The molecule has 1 aromatic rings. The molecule has 0 atom stereocenters. The van der Waals surface area contributed by atoms with Crippen molar-refractivity contribution in [1.29, 1.82) is 5.41 Å². The van der Waals surface area contributed by atoms with E-state index >= 15 is 0 Å². The van der Waals surface area contributed by atoms with Crippen LogP contribution >= 0.6 is 0 Å². The first-order chi connectivity index (χ1) is 6.20. The molecule has 1 rings (SSSR count). The number of rotatable bonds is 4. The van der Waals surface area contributed by atoms with Crippen LogP contribution in [0.3, 0.4) is 0 Å². The molecule has 13 heavy (non-hydrogen) atoms. The molecule has 0 saturated carbocycles. The third kappa shape index (κ3) is 1.66. The van der Waals surface area contributed by atoms with Crippen LogP contribution in [0, 0.1) is 5.41 Å². The highest BCUT2D eigenvalue weighted by molar-refractivity contribution is 5.98. The molecule has 0 bridgehead atoms. The molecular weight excluding hydrogens is 168 g/mol. The average Bonchev–Trinajstić information content (AvgIpc) is 2.48. The van der Waals surface area contributed by atoms with Gasteiger partial charge in [-0.05, 0) is 12.0 Å². The van der Waals surface area contributed by atoms with Gasteiger partial charge in [-0.15, -0.1) is 6.58 Å². The highest BCUT2D eigenvalue weighted by Crippen LogP contribution is 2.13. The molecule has 4 heteroatoms. The normalized spacial score (nSPS) is 9.54. The van der Waals surface area contributed by atoms with E-state index in [1.165, 1.54) is 0 Å². The number of aromatic amines is 1. The van der Waals surface area contributed by atoms with Crippen molar-refractivity contribution in [3.05, 3.63) is 35.7 Å². The minimum absolute atomic E-state index is 0.162. The van der Waals surface area contributed by atoms with E-state index in [1.54, 1.807) is 12.3 Å². The predicted molar refractivity (Wildman–Crippen MR) is 49.5 cm³/mol. The fraction of sp³-hybridized carbons (Fsp3) is 0.111. The van der Waals surface area contributed by atoms with Gasteiger partial charge in [0.2, 0.25) is 0 Å². The van der Waals surface area contributed by atoms with Gasteiger partial charge in [-0.25, -0.2) is 4.79 Å². The van der Waals surface area contributed by atoms with Gasteiger partial charge in [0.05, 0.1) is 11.3 Å². The Labute approximate surface area is 75.4 Å². The van der Waals surface area contributed by atoms with Crippen LogP contribution in [-0.4, -0.2) is 22.3 Å². The van der Waals surface area contributed by atoms with Crippen molar-refractivity contribution < 1.29 is 9.90 Å². The molecule has 0 fully saturated rings. The topological polar surface area (TPSA) is 76.9 Å². The van der Waals surface area contributed by atoms with Crippen molar-refractivity contribution in [3.63, 3.8) is 0 Å². The van der Waals surface area contributed by atoms with E-state index in [0.717, 1.165) is 6.21 Å². The average molecular weight is 178 g/mol. The van der Waals surface area contributed by atoms with Gasteiger partial charge >= 0.3 is 5.97 Å². The quantitative estimate of drug-likeness (QED) is 0.482. The molecule has 1 aromatic heterocycles. The summed E-state index contributed by atoms with van der Waals surface area (Å²) in [6, 6.07) is 0. The van der Waals surface area contributed by atoms with Gasteiger partial charge in [-0.1, -0.05) is 6.08 Å². The fourth-order valence-corrected chi connectivity index (χ4v) is 1.17. The number of hydrogen-bond donors (Lipinski definition) is 3. The molecule has 0 unspecified atom stereocenters. The standard InChI is InChI=1S/C9H10N2O2/c1-2-3-6-5-11-7(4-10)8(6)9(12)13/h2,4-5,10-11H,1,3H2,(H,12,13). The molecule has 0 amide bonds. The van der Waals surface area contributed by atoms with Crippen molar-refractivity contribution in [2.75, 3.05) is 0 Å². The minimum atomic E-state index is -1.02. The van der Waals surface area contributed by atoms with E-state index < -0.39 is 5.97 Å². The Hall–Kier alpha value is -1.84. The zero-order valence-corrected chi connectivity index (χ0v) is 7.00. The van der Waals surface area contributed by atoms with E-state index in [2.05, 4.69) is 11.6 Å². The number of aromatic carboxylic acids is 1. The molecule has 3 N–H and O–H groups in total. The summed E-state index contributed by atoms with van der Waals surface area (Å²) < 4.78 is 0. The Balaban J connectivity index is 3.20. The minimum Gasteiger partial charge on any atom is -0.478 e. The van der Waals surface area contributed by atoms with Gasteiger partial charge in [0, 0.05) is 12.4 Å². The zero-order valence-electron chi connectivity index (χ0n) is 7.00. The lowest BCUT2D eigenvalue weighted by molar-refractivity contribution is 0.0696. The lowest BCUT2D eigenvalue weighted by Crippen LogP contribution is -2.02. The van der Waals surface area contributed by atoms with Crippen LogP contribution in [0.5, 0.6) is 0 Å². The zero-order chi connectivity index (χ0) is 9.84. The van der Waals surface area contributed by atoms with Crippen LogP contribution in [-0.2, 0) is 6.42 Å². The Morgan fingerprint density at radius 3 is 2.92 bits per heavy atom. The summed E-state index contributed by atoms with van der Waals surface area (Å²) in [6.07, 6.45) is 4.71. The number of hydrogen-bond acceptors (Lipinski definition) is 2. The number of H-pyrrole nitrogens is 1. The van der Waals surface area contributed by atoms with Gasteiger partial charge in [-0.2, -0.15) is 0 Å². The monoisotopic (exact) mass is 178 g/mol. The number of allylic oxidation sites excluding steroid dienone is 1. The summed E-state index contributed by atoms with van der Waals surface area (Å²) in [6.45, 7) is 3.53. The van der Waals surface area contributed by atoms with Gasteiger partial charge in [0.25, 0.3) is 0 Å². The molecule has 0 aliphatic heterocycles. The van der Waals surface area contributed by atoms with Gasteiger partial charge < -0.3 is 15.5 Å². The number of nitrogens with one attached hydrogen (secondary N) is 2. The second-order valence-corrected chi connectivity index (χ2v) is 2.54. The molecule has 0 spiro atoms. The second-order valence-electron chi connectivity index (χ2n) is 2.54. The predicted octanol–water partition coefficient (Wildman–Crippen LogP) is 1.44. The summed E-state index contributed by atoms with van der Waals surface area (Å²) in [5.41, 5.74) is 1.14. The maximum Gasteiger partial charge on any atom is 0.338 e. The van der Waals surface area contributed by atoms with Crippen molar-refractivity contribution in [1.82, 2.24) is 4.98 Å². The lowest BCUT2D eigenvalue weighted by atomic mass is 10.1. The molecule has 4 nitrogen and oxygen atoms in total. The largest absolute Gasteiger partial charge is 0.478 e. The van der Waals surface area contributed by atoms with Crippen molar-refractivity contribution >= 4 is 12.2 Å². The molecule has 0 aromatic carbocycles. The van der Waals surface area contributed by atoms with Crippen molar-refractivity contribution in [2.24, 2.45) is 0 Å². The van der Waals surface area contributed by atoms with E-state index in [4.69, 9.17) is 10.5 Å². The first-order valence-corrected chi connectivity index (χ1v) is 3.75. The smallest absolute Gasteiger partial charge is 0.338 e. The van der Waals surface area contributed by atoms with Crippen LogP contribution in [0.25, 0.3) is 0 Å². The van der Waals surface area contributed by atoms with E-state index in [9.17, 15) is 4.79 Å². The Kier molecular flexibility index (Phi) is 2.64. The third-order valence-electron chi connectivity index (χ3n) is 1.71. The molecule has 68 valence electrons. The van der Waals surface area contributed by atoms with Gasteiger partial charge in [-0.3, -0.25) is 0 Å². The maximum absolute atomic E-state index is 10.8. The summed E-state index contributed by atoms with van der Waals surface area (Å²) in [5.74, 6) is -1.02. The van der Waals surface area contributed by atoms with Crippen LogP contribution < -0.4 is 0 Å². The first-order valence-electron chi connectivity index (χ1n) is 3.75. The van der Waals surface area contributed by atoms with Gasteiger partial charge in [0.1, 0.15) is 0 Å².